The van der Waals surface area contributed by atoms with Crippen molar-refractivity contribution >= 4 is 35.6 Å². The van der Waals surface area contributed by atoms with Crippen LogP contribution in [0, 0.1) is 0 Å². The molecular weight excluding hydrogens is 428 g/mol. The van der Waals surface area contributed by atoms with E-state index in [2.05, 4.69) is 10.1 Å². The minimum atomic E-state index is -0.656. The Balaban J connectivity index is 1.89. The number of hydrogen-bond acceptors (Lipinski definition) is 7. The van der Waals surface area contributed by atoms with Crippen molar-refractivity contribution in [2.75, 3.05) is 14.2 Å². The molecule has 0 spiro atoms. The van der Waals surface area contributed by atoms with Crippen LogP contribution in [0.25, 0.3) is 6.08 Å². The molecule has 2 heterocycles. The Morgan fingerprint density at radius 3 is 2.65 bits per heavy atom. The number of esters is 1. The molecule has 3 rings (SSSR count). The molecule has 0 aliphatic carbocycles. The van der Waals surface area contributed by atoms with Crippen LogP contribution >= 0.6 is 11.6 Å². The number of ether oxygens (including phenoxy) is 3. The molecule has 0 radical (unpaired) electrons. The van der Waals surface area contributed by atoms with Gasteiger partial charge in [-0.3, -0.25) is 9.69 Å². The Hall–Kier alpha value is -3.46. The summed E-state index contributed by atoms with van der Waals surface area (Å²) in [7, 11) is 2.70. The summed E-state index contributed by atoms with van der Waals surface area (Å²) in [6.45, 7) is 3.54. The number of methoxy groups -OCH3 is 2. The van der Waals surface area contributed by atoms with Crippen molar-refractivity contribution in [2.45, 2.75) is 26.5 Å². The Bertz CT molecular complexity index is 1060. The summed E-state index contributed by atoms with van der Waals surface area (Å²) in [6.07, 6.45) is 1.30. The summed E-state index contributed by atoms with van der Waals surface area (Å²) in [5.74, 6) is -0.219. The Labute approximate surface area is 183 Å². The van der Waals surface area contributed by atoms with Gasteiger partial charge in [0.05, 0.1) is 26.9 Å². The first kappa shape index (κ1) is 22.2. The standard InChI is InChI=1S/C21H21ClN2O7/c1-11(2)30-18-12(7-13(22)9-17(18)28-3)8-15-19(25)24(21(27)23-15)10-14-5-6-16(31-14)20(26)29-4/h5-9,11H,10H2,1-4H3,(H,23,27)/b15-8+. The molecule has 1 aromatic carbocycles. The summed E-state index contributed by atoms with van der Waals surface area (Å²) in [5, 5.41) is 2.90. The highest BCUT2D eigenvalue weighted by atomic mass is 35.5. The number of nitrogens with one attached hydrogen (secondary N) is 1. The minimum Gasteiger partial charge on any atom is -0.493 e. The largest absolute Gasteiger partial charge is 0.493 e. The summed E-state index contributed by atoms with van der Waals surface area (Å²) in [6, 6.07) is 5.46. The van der Waals surface area contributed by atoms with Crippen LogP contribution in [0.3, 0.4) is 0 Å². The van der Waals surface area contributed by atoms with Gasteiger partial charge in [-0.05, 0) is 38.1 Å². The zero-order chi connectivity index (χ0) is 22.7. The van der Waals surface area contributed by atoms with Crippen LogP contribution in [0.2, 0.25) is 5.02 Å². The number of rotatable bonds is 7. The lowest BCUT2D eigenvalue weighted by Gasteiger charge is -2.16. The maximum atomic E-state index is 12.8. The molecule has 31 heavy (non-hydrogen) atoms. The van der Waals surface area contributed by atoms with Gasteiger partial charge in [-0.25, -0.2) is 9.59 Å². The Morgan fingerprint density at radius 1 is 1.26 bits per heavy atom. The van der Waals surface area contributed by atoms with Crippen molar-refractivity contribution in [1.82, 2.24) is 10.2 Å². The minimum absolute atomic E-state index is 0.0261. The van der Waals surface area contributed by atoms with Crippen LogP contribution in [0.1, 0.15) is 35.7 Å². The number of furan rings is 1. The predicted molar refractivity (Wildman–Crippen MR) is 111 cm³/mol. The molecule has 1 saturated heterocycles. The summed E-state index contributed by atoms with van der Waals surface area (Å²) >= 11 is 6.17. The van der Waals surface area contributed by atoms with Gasteiger partial charge in [-0.2, -0.15) is 0 Å². The Morgan fingerprint density at radius 2 is 2.00 bits per heavy atom. The molecule has 1 aromatic heterocycles. The fraction of sp³-hybridized carbons (Fsp3) is 0.286. The van der Waals surface area contributed by atoms with E-state index < -0.39 is 17.9 Å². The van der Waals surface area contributed by atoms with Crippen LogP contribution in [-0.2, 0) is 16.1 Å². The van der Waals surface area contributed by atoms with E-state index in [1.165, 1.54) is 32.4 Å². The number of nitrogens with zero attached hydrogens (tertiary/aromatic N) is 1. The van der Waals surface area contributed by atoms with Crippen molar-refractivity contribution in [3.63, 3.8) is 0 Å². The zero-order valence-corrected chi connectivity index (χ0v) is 18.1. The molecule has 164 valence electrons. The molecule has 9 nitrogen and oxygen atoms in total. The molecule has 0 saturated carbocycles. The van der Waals surface area contributed by atoms with Crippen LogP contribution in [0.5, 0.6) is 11.5 Å². The average molecular weight is 449 g/mol. The van der Waals surface area contributed by atoms with E-state index in [0.29, 0.717) is 22.1 Å². The van der Waals surface area contributed by atoms with E-state index in [-0.39, 0.29) is 29.9 Å². The van der Waals surface area contributed by atoms with E-state index in [4.69, 9.17) is 25.5 Å². The van der Waals surface area contributed by atoms with Gasteiger partial charge < -0.3 is 23.9 Å². The van der Waals surface area contributed by atoms with Crippen molar-refractivity contribution in [3.05, 3.63) is 52.1 Å². The first-order valence-corrected chi connectivity index (χ1v) is 9.67. The lowest BCUT2D eigenvalue weighted by Crippen LogP contribution is -2.30. The third kappa shape index (κ3) is 4.83. The van der Waals surface area contributed by atoms with E-state index in [0.717, 1.165) is 4.90 Å². The molecule has 1 fully saturated rings. The fourth-order valence-corrected chi connectivity index (χ4v) is 3.13. The number of hydrogen-bond donors (Lipinski definition) is 1. The van der Waals surface area contributed by atoms with Gasteiger partial charge in [-0.15, -0.1) is 0 Å². The molecule has 1 aliphatic heterocycles. The van der Waals surface area contributed by atoms with Crippen molar-refractivity contribution < 1.29 is 33.0 Å². The van der Waals surface area contributed by atoms with Crippen LogP contribution in [0.4, 0.5) is 4.79 Å². The average Bonchev–Trinajstić information content (AvgIpc) is 3.29. The van der Waals surface area contributed by atoms with Gasteiger partial charge in [0.25, 0.3) is 5.91 Å². The van der Waals surface area contributed by atoms with E-state index in [9.17, 15) is 14.4 Å². The van der Waals surface area contributed by atoms with Crippen molar-refractivity contribution in [1.29, 1.82) is 0 Å². The second-order valence-corrected chi connectivity index (χ2v) is 7.27. The fourth-order valence-electron chi connectivity index (χ4n) is 2.91. The highest BCUT2D eigenvalue weighted by molar-refractivity contribution is 6.31. The molecule has 2 aromatic rings. The number of imide groups is 1. The molecule has 3 amide bonds. The molecular formula is C21H21ClN2O7. The SMILES string of the molecule is COC(=O)c1ccc(CN2C(=O)N/C(=C/c3cc(Cl)cc(OC)c3OC(C)C)C2=O)o1. The number of amides is 3. The molecule has 0 atom stereocenters. The topological polar surface area (TPSA) is 107 Å². The number of carbonyl (C=O) groups excluding carboxylic acids is 3. The Kier molecular flexibility index (Phi) is 6.55. The lowest BCUT2D eigenvalue weighted by molar-refractivity contribution is -0.123. The molecule has 0 bridgehead atoms. The van der Waals surface area contributed by atoms with E-state index >= 15 is 0 Å². The first-order chi connectivity index (χ1) is 14.7. The normalized spacial score (nSPS) is 14.9. The first-order valence-electron chi connectivity index (χ1n) is 9.29. The summed E-state index contributed by atoms with van der Waals surface area (Å²) < 4.78 is 21.1. The second-order valence-electron chi connectivity index (χ2n) is 6.83. The zero-order valence-electron chi connectivity index (χ0n) is 17.4. The molecule has 10 heteroatoms. The van der Waals surface area contributed by atoms with Gasteiger partial charge >= 0.3 is 12.0 Å². The third-order valence-corrected chi connectivity index (χ3v) is 4.46. The summed E-state index contributed by atoms with van der Waals surface area (Å²) in [5.41, 5.74) is 0.497. The highest BCUT2D eigenvalue weighted by Crippen LogP contribution is 2.37. The van der Waals surface area contributed by atoms with Crippen LogP contribution in [-0.4, -0.2) is 43.1 Å². The van der Waals surface area contributed by atoms with E-state index in [1.807, 2.05) is 13.8 Å². The van der Waals surface area contributed by atoms with Gasteiger partial charge in [0, 0.05) is 16.7 Å². The lowest BCUT2D eigenvalue weighted by atomic mass is 10.1. The maximum absolute atomic E-state index is 12.8. The van der Waals surface area contributed by atoms with Crippen LogP contribution in [0.15, 0.2) is 34.4 Å². The van der Waals surface area contributed by atoms with Gasteiger partial charge in [0.15, 0.2) is 11.5 Å². The highest BCUT2D eigenvalue weighted by Gasteiger charge is 2.34. The van der Waals surface area contributed by atoms with Gasteiger partial charge in [0.2, 0.25) is 5.76 Å². The second kappa shape index (κ2) is 9.13. The third-order valence-electron chi connectivity index (χ3n) is 4.25. The molecule has 1 aliphatic rings. The van der Waals surface area contributed by atoms with Crippen molar-refractivity contribution in [3.8, 4) is 11.5 Å². The summed E-state index contributed by atoms with van der Waals surface area (Å²) in [4.78, 5) is 37.7. The predicted octanol–water partition coefficient (Wildman–Crippen LogP) is 3.61. The maximum Gasteiger partial charge on any atom is 0.373 e. The smallest absolute Gasteiger partial charge is 0.373 e. The van der Waals surface area contributed by atoms with Crippen molar-refractivity contribution in [2.24, 2.45) is 0 Å². The quantitative estimate of drug-likeness (QED) is 0.391. The number of halogens is 1. The number of carbonyl (C=O) groups is 3. The number of urea groups is 1. The molecule has 1 N–H and O–H groups in total. The number of benzene rings is 1. The molecule has 0 unspecified atom stereocenters. The van der Waals surface area contributed by atoms with E-state index in [1.54, 1.807) is 12.1 Å². The van der Waals surface area contributed by atoms with Gasteiger partial charge in [-0.1, -0.05) is 11.6 Å². The van der Waals surface area contributed by atoms with Crippen LogP contribution < -0.4 is 14.8 Å². The monoisotopic (exact) mass is 448 g/mol. The van der Waals surface area contributed by atoms with Gasteiger partial charge in [0.1, 0.15) is 11.5 Å².